The molecule has 0 unspecified atom stereocenters. The molecule has 13 heavy (non-hydrogen) atoms. The fourth-order valence-corrected chi connectivity index (χ4v) is 1.54. The second-order valence-electron chi connectivity index (χ2n) is 2.67. The Morgan fingerprint density at radius 1 is 1.38 bits per heavy atom. The SMILES string of the molecule is Nc1cc(Br)ccc1-n1ccnc1. The molecule has 1 aromatic carbocycles. The van der Waals surface area contributed by atoms with E-state index in [1.165, 1.54) is 0 Å². The van der Waals surface area contributed by atoms with E-state index in [-0.39, 0.29) is 0 Å². The summed E-state index contributed by atoms with van der Waals surface area (Å²) in [5, 5.41) is 0. The number of anilines is 1. The zero-order valence-corrected chi connectivity index (χ0v) is 8.40. The van der Waals surface area contributed by atoms with E-state index in [1.54, 1.807) is 12.5 Å². The molecule has 3 nitrogen and oxygen atoms in total. The Labute approximate surface area is 84.3 Å². The maximum atomic E-state index is 5.83. The van der Waals surface area contributed by atoms with Gasteiger partial charge >= 0.3 is 0 Å². The van der Waals surface area contributed by atoms with Crippen LogP contribution in [-0.2, 0) is 0 Å². The zero-order valence-electron chi connectivity index (χ0n) is 6.81. The van der Waals surface area contributed by atoms with Crippen LogP contribution < -0.4 is 5.73 Å². The van der Waals surface area contributed by atoms with Gasteiger partial charge in [-0.3, -0.25) is 0 Å². The molecule has 0 bridgehead atoms. The molecule has 0 fully saturated rings. The molecule has 0 saturated carbocycles. The third-order valence-electron chi connectivity index (χ3n) is 1.77. The van der Waals surface area contributed by atoms with Crippen molar-refractivity contribution in [3.8, 4) is 5.69 Å². The average molecular weight is 238 g/mol. The smallest absolute Gasteiger partial charge is 0.0992 e. The van der Waals surface area contributed by atoms with Crippen LogP contribution in [0.25, 0.3) is 5.69 Å². The van der Waals surface area contributed by atoms with E-state index < -0.39 is 0 Å². The highest BCUT2D eigenvalue weighted by molar-refractivity contribution is 9.10. The summed E-state index contributed by atoms with van der Waals surface area (Å²) in [5.74, 6) is 0. The minimum Gasteiger partial charge on any atom is -0.397 e. The summed E-state index contributed by atoms with van der Waals surface area (Å²) in [7, 11) is 0. The third-order valence-corrected chi connectivity index (χ3v) is 2.27. The summed E-state index contributed by atoms with van der Waals surface area (Å²) < 4.78 is 2.86. The van der Waals surface area contributed by atoms with Gasteiger partial charge in [-0.25, -0.2) is 4.98 Å². The molecule has 0 saturated heterocycles. The van der Waals surface area contributed by atoms with Gasteiger partial charge in [-0.15, -0.1) is 0 Å². The van der Waals surface area contributed by atoms with Crippen molar-refractivity contribution in [2.45, 2.75) is 0 Å². The number of imidazole rings is 1. The lowest BCUT2D eigenvalue weighted by atomic mass is 10.3. The number of nitrogens with two attached hydrogens (primary N) is 1. The van der Waals surface area contributed by atoms with E-state index >= 15 is 0 Å². The van der Waals surface area contributed by atoms with E-state index in [2.05, 4.69) is 20.9 Å². The van der Waals surface area contributed by atoms with Crippen LogP contribution in [-0.4, -0.2) is 9.55 Å². The van der Waals surface area contributed by atoms with Crippen molar-refractivity contribution in [1.29, 1.82) is 0 Å². The Kier molecular flexibility index (Phi) is 2.06. The monoisotopic (exact) mass is 237 g/mol. The summed E-state index contributed by atoms with van der Waals surface area (Å²) in [4.78, 5) is 3.96. The van der Waals surface area contributed by atoms with Gasteiger partial charge in [0, 0.05) is 16.9 Å². The molecule has 4 heteroatoms. The van der Waals surface area contributed by atoms with E-state index in [9.17, 15) is 0 Å². The van der Waals surface area contributed by atoms with E-state index in [1.807, 2.05) is 29.0 Å². The summed E-state index contributed by atoms with van der Waals surface area (Å²) in [6.45, 7) is 0. The topological polar surface area (TPSA) is 43.8 Å². The number of nitrogen functional groups attached to an aromatic ring is 1. The van der Waals surface area contributed by atoms with Crippen molar-refractivity contribution < 1.29 is 0 Å². The number of hydrogen-bond acceptors (Lipinski definition) is 2. The van der Waals surface area contributed by atoms with Crippen molar-refractivity contribution in [2.24, 2.45) is 0 Å². The Morgan fingerprint density at radius 3 is 2.85 bits per heavy atom. The van der Waals surface area contributed by atoms with Gasteiger partial charge in [0.05, 0.1) is 17.7 Å². The van der Waals surface area contributed by atoms with Crippen molar-refractivity contribution in [1.82, 2.24) is 9.55 Å². The van der Waals surface area contributed by atoms with Crippen LogP contribution in [0.3, 0.4) is 0 Å². The summed E-state index contributed by atoms with van der Waals surface area (Å²) >= 11 is 3.35. The van der Waals surface area contributed by atoms with Gasteiger partial charge < -0.3 is 10.3 Å². The predicted octanol–water partition coefficient (Wildman–Crippen LogP) is 2.22. The van der Waals surface area contributed by atoms with Gasteiger partial charge in [-0.1, -0.05) is 15.9 Å². The quantitative estimate of drug-likeness (QED) is 0.774. The first-order valence-electron chi connectivity index (χ1n) is 3.81. The number of nitrogens with zero attached hydrogens (tertiary/aromatic N) is 2. The van der Waals surface area contributed by atoms with Gasteiger partial charge in [-0.05, 0) is 18.2 Å². The standard InChI is InChI=1S/C9H8BrN3/c10-7-1-2-9(8(11)5-7)13-4-3-12-6-13/h1-6H,11H2. The van der Waals surface area contributed by atoms with Crippen molar-refractivity contribution in [3.63, 3.8) is 0 Å². The lowest BCUT2D eigenvalue weighted by molar-refractivity contribution is 1.06. The number of rotatable bonds is 1. The van der Waals surface area contributed by atoms with Crippen LogP contribution >= 0.6 is 15.9 Å². The molecule has 1 heterocycles. The minimum atomic E-state index is 0.729. The second-order valence-corrected chi connectivity index (χ2v) is 3.59. The lowest BCUT2D eigenvalue weighted by Crippen LogP contribution is -1.96. The van der Waals surface area contributed by atoms with Gasteiger partial charge in [0.2, 0.25) is 0 Å². The first kappa shape index (κ1) is 8.31. The van der Waals surface area contributed by atoms with Crippen molar-refractivity contribution in [2.75, 3.05) is 5.73 Å². The van der Waals surface area contributed by atoms with Crippen LogP contribution in [0.1, 0.15) is 0 Å². The number of hydrogen-bond donors (Lipinski definition) is 1. The van der Waals surface area contributed by atoms with Crippen LogP contribution in [0.2, 0.25) is 0 Å². The fraction of sp³-hybridized carbons (Fsp3) is 0. The summed E-state index contributed by atoms with van der Waals surface area (Å²) in [6, 6.07) is 5.77. The average Bonchev–Trinajstić information content (AvgIpc) is 2.56. The molecule has 66 valence electrons. The van der Waals surface area contributed by atoms with Crippen LogP contribution in [0.15, 0.2) is 41.4 Å². The minimum absolute atomic E-state index is 0.729. The Balaban J connectivity index is 2.53. The van der Waals surface area contributed by atoms with E-state index in [4.69, 9.17) is 5.73 Å². The number of aromatic nitrogens is 2. The lowest BCUT2D eigenvalue weighted by Gasteiger charge is -2.05. The highest BCUT2D eigenvalue weighted by atomic mass is 79.9. The molecule has 0 aliphatic carbocycles. The Morgan fingerprint density at radius 2 is 2.23 bits per heavy atom. The van der Waals surface area contributed by atoms with Gasteiger partial charge in [-0.2, -0.15) is 0 Å². The molecule has 1 aromatic heterocycles. The summed E-state index contributed by atoms with van der Waals surface area (Å²) in [5.41, 5.74) is 7.51. The second kappa shape index (κ2) is 3.22. The highest BCUT2D eigenvalue weighted by Gasteiger charge is 2.00. The van der Waals surface area contributed by atoms with Gasteiger partial charge in [0.25, 0.3) is 0 Å². The molecule has 0 spiro atoms. The first-order chi connectivity index (χ1) is 6.27. The van der Waals surface area contributed by atoms with E-state index in [0.717, 1.165) is 15.8 Å². The van der Waals surface area contributed by atoms with Gasteiger partial charge in [0.1, 0.15) is 0 Å². The molecule has 0 atom stereocenters. The zero-order chi connectivity index (χ0) is 9.26. The fourth-order valence-electron chi connectivity index (χ4n) is 1.16. The maximum Gasteiger partial charge on any atom is 0.0992 e. The summed E-state index contributed by atoms with van der Waals surface area (Å²) in [6.07, 6.45) is 5.31. The molecular weight excluding hydrogens is 230 g/mol. The molecule has 0 amide bonds. The highest BCUT2D eigenvalue weighted by Crippen LogP contribution is 2.21. The molecule has 0 aliphatic heterocycles. The largest absolute Gasteiger partial charge is 0.397 e. The normalized spacial score (nSPS) is 10.2. The van der Waals surface area contributed by atoms with Crippen molar-refractivity contribution >= 4 is 21.6 Å². The first-order valence-corrected chi connectivity index (χ1v) is 4.60. The Bertz CT molecular complexity index is 409. The maximum absolute atomic E-state index is 5.83. The molecule has 2 aromatic rings. The van der Waals surface area contributed by atoms with Crippen molar-refractivity contribution in [3.05, 3.63) is 41.4 Å². The predicted molar refractivity (Wildman–Crippen MR) is 55.7 cm³/mol. The van der Waals surface area contributed by atoms with E-state index in [0.29, 0.717) is 0 Å². The van der Waals surface area contributed by atoms with Gasteiger partial charge in [0.15, 0.2) is 0 Å². The third kappa shape index (κ3) is 1.58. The molecule has 0 radical (unpaired) electrons. The molecule has 2 rings (SSSR count). The van der Waals surface area contributed by atoms with Crippen LogP contribution in [0, 0.1) is 0 Å². The molecule has 0 aliphatic rings. The number of halogens is 1. The van der Waals surface area contributed by atoms with Crippen LogP contribution in [0.5, 0.6) is 0 Å². The Hall–Kier alpha value is -1.29. The number of benzene rings is 1. The molecular formula is C9H8BrN3. The molecule has 2 N–H and O–H groups in total. The van der Waals surface area contributed by atoms with Crippen LogP contribution in [0.4, 0.5) is 5.69 Å².